The molecule has 0 aliphatic carbocycles. The summed E-state index contributed by atoms with van der Waals surface area (Å²) in [7, 11) is 0. The molecule has 5 heteroatoms. The lowest BCUT2D eigenvalue weighted by Gasteiger charge is -2.19. The first kappa shape index (κ1) is 15.0. The predicted molar refractivity (Wildman–Crippen MR) is 71.0 cm³/mol. The molecule has 5 nitrogen and oxygen atoms in total. The first-order chi connectivity index (χ1) is 8.41. The van der Waals surface area contributed by atoms with E-state index in [1.807, 2.05) is 20.8 Å². The lowest BCUT2D eigenvalue weighted by atomic mass is 10.0. The van der Waals surface area contributed by atoms with Gasteiger partial charge in [-0.05, 0) is 31.7 Å². The first-order valence-corrected chi connectivity index (χ1v) is 6.73. The van der Waals surface area contributed by atoms with Crippen LogP contribution in [0.25, 0.3) is 0 Å². The molecule has 1 rings (SSSR count). The van der Waals surface area contributed by atoms with Crippen LogP contribution < -0.4 is 16.0 Å². The van der Waals surface area contributed by atoms with Crippen LogP contribution >= 0.6 is 0 Å². The van der Waals surface area contributed by atoms with Crippen molar-refractivity contribution in [3.8, 4) is 0 Å². The summed E-state index contributed by atoms with van der Waals surface area (Å²) in [5.41, 5.74) is 0. The number of hydrogen-bond donors (Lipinski definition) is 3. The highest BCUT2D eigenvalue weighted by atomic mass is 16.2. The standard InChI is InChI=1S/C13H25N3O2/c1-8(2)7-15-12(17)10(4)16-13(18)11-9(3)5-6-14-11/h8-11,14H,5-7H2,1-4H3,(H,15,17)(H,16,18). The van der Waals surface area contributed by atoms with E-state index in [9.17, 15) is 9.59 Å². The molecule has 0 bridgehead atoms. The Morgan fingerprint density at radius 1 is 1.33 bits per heavy atom. The third-order valence-electron chi connectivity index (χ3n) is 3.25. The Kier molecular flexibility index (Phi) is 5.59. The van der Waals surface area contributed by atoms with E-state index < -0.39 is 6.04 Å². The highest BCUT2D eigenvalue weighted by Crippen LogP contribution is 2.14. The topological polar surface area (TPSA) is 70.2 Å². The maximum atomic E-state index is 12.0. The van der Waals surface area contributed by atoms with E-state index in [0.29, 0.717) is 18.4 Å². The van der Waals surface area contributed by atoms with Gasteiger partial charge in [0.15, 0.2) is 0 Å². The summed E-state index contributed by atoms with van der Waals surface area (Å²) in [6.45, 7) is 9.34. The number of nitrogens with one attached hydrogen (secondary N) is 3. The Hall–Kier alpha value is -1.10. The van der Waals surface area contributed by atoms with E-state index >= 15 is 0 Å². The zero-order valence-corrected chi connectivity index (χ0v) is 11.7. The fourth-order valence-corrected chi connectivity index (χ4v) is 2.01. The Labute approximate surface area is 109 Å². The van der Waals surface area contributed by atoms with Crippen molar-refractivity contribution in [2.45, 2.75) is 46.2 Å². The van der Waals surface area contributed by atoms with E-state index in [1.165, 1.54) is 0 Å². The van der Waals surface area contributed by atoms with Crippen LogP contribution in [0.4, 0.5) is 0 Å². The van der Waals surface area contributed by atoms with E-state index in [4.69, 9.17) is 0 Å². The SMILES string of the molecule is CC(C)CNC(=O)C(C)NC(=O)C1NCCC1C. The van der Waals surface area contributed by atoms with Crippen LogP contribution in [-0.4, -0.2) is 37.0 Å². The van der Waals surface area contributed by atoms with Crippen LogP contribution in [0, 0.1) is 11.8 Å². The van der Waals surface area contributed by atoms with Gasteiger partial charge in [-0.3, -0.25) is 9.59 Å². The largest absolute Gasteiger partial charge is 0.354 e. The molecule has 18 heavy (non-hydrogen) atoms. The average molecular weight is 255 g/mol. The van der Waals surface area contributed by atoms with Gasteiger partial charge in [-0.15, -0.1) is 0 Å². The summed E-state index contributed by atoms with van der Waals surface area (Å²) < 4.78 is 0. The molecule has 0 aromatic rings. The molecule has 3 atom stereocenters. The summed E-state index contributed by atoms with van der Waals surface area (Å²) >= 11 is 0. The van der Waals surface area contributed by atoms with Gasteiger partial charge in [-0.25, -0.2) is 0 Å². The number of carbonyl (C=O) groups excluding carboxylic acids is 2. The normalized spacial score (nSPS) is 24.9. The first-order valence-electron chi connectivity index (χ1n) is 6.73. The van der Waals surface area contributed by atoms with E-state index in [1.54, 1.807) is 6.92 Å². The predicted octanol–water partition coefficient (Wildman–Crippen LogP) is 0.261. The summed E-state index contributed by atoms with van der Waals surface area (Å²) in [5, 5.41) is 8.73. The molecule has 2 amide bonds. The molecule has 0 spiro atoms. The third-order valence-corrected chi connectivity index (χ3v) is 3.25. The van der Waals surface area contributed by atoms with Crippen molar-refractivity contribution < 1.29 is 9.59 Å². The van der Waals surface area contributed by atoms with Gasteiger partial charge in [0.05, 0.1) is 6.04 Å². The molecule has 1 aliphatic heterocycles. The van der Waals surface area contributed by atoms with E-state index in [0.717, 1.165) is 13.0 Å². The number of carbonyl (C=O) groups is 2. The molecule has 1 aliphatic rings. The van der Waals surface area contributed by atoms with Crippen LogP contribution in [0.5, 0.6) is 0 Å². The van der Waals surface area contributed by atoms with Crippen LogP contribution in [0.1, 0.15) is 34.1 Å². The molecule has 104 valence electrons. The molecule has 0 aromatic carbocycles. The third kappa shape index (κ3) is 4.29. The van der Waals surface area contributed by atoms with Crippen molar-refractivity contribution in [2.24, 2.45) is 11.8 Å². The summed E-state index contributed by atoms with van der Waals surface area (Å²) in [5.74, 6) is 0.541. The van der Waals surface area contributed by atoms with Crippen molar-refractivity contribution in [3.05, 3.63) is 0 Å². The second-order valence-corrected chi connectivity index (χ2v) is 5.57. The van der Waals surface area contributed by atoms with Crippen molar-refractivity contribution in [2.75, 3.05) is 13.1 Å². The molecule has 3 N–H and O–H groups in total. The number of rotatable bonds is 5. The minimum atomic E-state index is -0.481. The number of hydrogen-bond acceptors (Lipinski definition) is 3. The second-order valence-electron chi connectivity index (χ2n) is 5.57. The van der Waals surface area contributed by atoms with Crippen molar-refractivity contribution in [1.82, 2.24) is 16.0 Å². The maximum absolute atomic E-state index is 12.0. The van der Waals surface area contributed by atoms with E-state index in [2.05, 4.69) is 16.0 Å². The fourth-order valence-electron chi connectivity index (χ4n) is 2.01. The van der Waals surface area contributed by atoms with Crippen LogP contribution in [0.2, 0.25) is 0 Å². The Morgan fingerprint density at radius 2 is 2.00 bits per heavy atom. The molecule has 0 radical (unpaired) electrons. The zero-order chi connectivity index (χ0) is 13.7. The molecule has 3 unspecified atom stereocenters. The fraction of sp³-hybridized carbons (Fsp3) is 0.846. The van der Waals surface area contributed by atoms with Gasteiger partial charge in [-0.1, -0.05) is 20.8 Å². The van der Waals surface area contributed by atoms with Crippen molar-refractivity contribution >= 4 is 11.8 Å². The van der Waals surface area contributed by atoms with E-state index in [-0.39, 0.29) is 17.9 Å². The Bertz CT molecular complexity index is 305. The van der Waals surface area contributed by atoms with Gasteiger partial charge < -0.3 is 16.0 Å². The molecule has 1 heterocycles. The summed E-state index contributed by atoms with van der Waals surface area (Å²) in [4.78, 5) is 23.7. The summed E-state index contributed by atoms with van der Waals surface area (Å²) in [6.07, 6.45) is 1.01. The minimum Gasteiger partial charge on any atom is -0.354 e. The van der Waals surface area contributed by atoms with Gasteiger partial charge in [0.1, 0.15) is 6.04 Å². The lowest BCUT2D eigenvalue weighted by molar-refractivity contribution is -0.130. The molecular weight excluding hydrogens is 230 g/mol. The minimum absolute atomic E-state index is 0.0767. The van der Waals surface area contributed by atoms with Crippen molar-refractivity contribution in [1.29, 1.82) is 0 Å². The number of amides is 2. The quantitative estimate of drug-likeness (QED) is 0.660. The van der Waals surface area contributed by atoms with Crippen LogP contribution in [0.3, 0.4) is 0 Å². The average Bonchev–Trinajstić information content (AvgIpc) is 2.72. The zero-order valence-electron chi connectivity index (χ0n) is 11.7. The highest BCUT2D eigenvalue weighted by Gasteiger charge is 2.30. The lowest BCUT2D eigenvalue weighted by Crippen LogP contribution is -2.51. The molecule has 1 saturated heterocycles. The molecule has 1 fully saturated rings. The molecular formula is C13H25N3O2. The van der Waals surface area contributed by atoms with Gasteiger partial charge in [0, 0.05) is 6.54 Å². The van der Waals surface area contributed by atoms with Crippen LogP contribution in [0.15, 0.2) is 0 Å². The highest BCUT2D eigenvalue weighted by molar-refractivity contribution is 5.89. The summed E-state index contributed by atoms with van der Waals surface area (Å²) in [6, 6.07) is -0.642. The smallest absolute Gasteiger partial charge is 0.242 e. The van der Waals surface area contributed by atoms with Crippen molar-refractivity contribution in [3.63, 3.8) is 0 Å². The monoisotopic (exact) mass is 255 g/mol. The Morgan fingerprint density at radius 3 is 2.50 bits per heavy atom. The van der Waals surface area contributed by atoms with Gasteiger partial charge in [0.25, 0.3) is 0 Å². The van der Waals surface area contributed by atoms with Gasteiger partial charge in [0.2, 0.25) is 11.8 Å². The molecule has 0 saturated carbocycles. The van der Waals surface area contributed by atoms with Gasteiger partial charge >= 0.3 is 0 Å². The second kappa shape index (κ2) is 6.73. The molecule has 0 aromatic heterocycles. The van der Waals surface area contributed by atoms with Crippen LogP contribution in [-0.2, 0) is 9.59 Å². The maximum Gasteiger partial charge on any atom is 0.242 e. The van der Waals surface area contributed by atoms with Gasteiger partial charge in [-0.2, -0.15) is 0 Å². The Balaban J connectivity index is 2.36.